The molecule has 1 aliphatic carbocycles. The molecule has 1 N–H and O–H groups in total. The summed E-state index contributed by atoms with van der Waals surface area (Å²) < 4.78 is 0. The second-order valence-corrected chi connectivity index (χ2v) is 8.13. The Morgan fingerprint density at radius 1 is 1.57 bits per heavy atom. The van der Waals surface area contributed by atoms with Crippen LogP contribution < -0.4 is 5.32 Å². The molecular formula is C15H25N3OS2. The summed E-state index contributed by atoms with van der Waals surface area (Å²) in [6.45, 7) is 4.87. The monoisotopic (exact) mass is 327 g/mol. The number of nitrogens with one attached hydrogen (secondary N) is 1. The van der Waals surface area contributed by atoms with Crippen molar-refractivity contribution in [2.45, 2.75) is 50.8 Å². The molecule has 0 spiro atoms. The number of aromatic nitrogens is 1. The van der Waals surface area contributed by atoms with Crippen molar-refractivity contribution in [3.8, 4) is 0 Å². The van der Waals surface area contributed by atoms with E-state index in [1.165, 1.54) is 12.2 Å². The van der Waals surface area contributed by atoms with Crippen LogP contribution in [0.5, 0.6) is 0 Å². The third kappa shape index (κ3) is 4.88. The van der Waals surface area contributed by atoms with Crippen LogP contribution in [0.4, 0.5) is 4.79 Å². The van der Waals surface area contributed by atoms with Gasteiger partial charge < -0.3 is 10.2 Å². The highest BCUT2D eigenvalue weighted by Gasteiger charge is 2.29. The Hall–Kier alpha value is -0.750. The highest BCUT2D eigenvalue weighted by molar-refractivity contribution is 7.99. The van der Waals surface area contributed by atoms with Gasteiger partial charge in [-0.15, -0.1) is 11.3 Å². The van der Waals surface area contributed by atoms with Crippen LogP contribution in [-0.2, 0) is 6.42 Å². The fraction of sp³-hybridized carbons (Fsp3) is 0.733. The zero-order chi connectivity index (χ0) is 15.2. The standard InChI is InChI=1S/C15H25N3OS2/c1-4-20-14-6-5-13(9-14)18(3)15(19)16-8-7-12-10-21-11(2)17-12/h10,13-14H,4-9H2,1-3H3,(H,16,19)/t13-,14-/m1/s1. The summed E-state index contributed by atoms with van der Waals surface area (Å²) >= 11 is 3.68. The van der Waals surface area contributed by atoms with E-state index in [9.17, 15) is 4.79 Å². The van der Waals surface area contributed by atoms with E-state index in [0.717, 1.165) is 35.2 Å². The van der Waals surface area contributed by atoms with Gasteiger partial charge in [0.15, 0.2) is 0 Å². The first-order valence-corrected chi connectivity index (χ1v) is 9.56. The van der Waals surface area contributed by atoms with Gasteiger partial charge in [0.05, 0.1) is 10.7 Å². The molecule has 1 aromatic heterocycles. The number of urea groups is 1. The molecule has 0 aromatic carbocycles. The third-order valence-corrected chi connectivity index (χ3v) is 6.01. The molecular weight excluding hydrogens is 302 g/mol. The summed E-state index contributed by atoms with van der Waals surface area (Å²) in [6.07, 6.45) is 4.31. The third-order valence-electron chi connectivity index (χ3n) is 3.95. The van der Waals surface area contributed by atoms with Crippen LogP contribution in [0.1, 0.15) is 36.9 Å². The molecule has 1 aliphatic rings. The second kappa shape index (κ2) is 8.03. The Balaban J connectivity index is 1.70. The number of thioether (sulfide) groups is 1. The van der Waals surface area contributed by atoms with Gasteiger partial charge in [0.2, 0.25) is 0 Å². The molecule has 0 radical (unpaired) electrons. The van der Waals surface area contributed by atoms with E-state index >= 15 is 0 Å². The topological polar surface area (TPSA) is 45.2 Å². The van der Waals surface area contributed by atoms with Gasteiger partial charge >= 0.3 is 6.03 Å². The van der Waals surface area contributed by atoms with E-state index in [4.69, 9.17) is 0 Å². The maximum Gasteiger partial charge on any atom is 0.317 e. The molecule has 2 amide bonds. The number of amides is 2. The Kier molecular flexibility index (Phi) is 6.36. The van der Waals surface area contributed by atoms with E-state index in [2.05, 4.69) is 22.6 Å². The molecule has 2 rings (SSSR count). The molecule has 0 bridgehead atoms. The summed E-state index contributed by atoms with van der Waals surface area (Å²) in [4.78, 5) is 18.5. The number of rotatable bonds is 6. The van der Waals surface area contributed by atoms with Gasteiger partial charge in [0.1, 0.15) is 0 Å². The molecule has 21 heavy (non-hydrogen) atoms. The van der Waals surface area contributed by atoms with Crippen molar-refractivity contribution in [3.05, 3.63) is 16.1 Å². The van der Waals surface area contributed by atoms with Crippen LogP contribution in [-0.4, -0.2) is 46.6 Å². The van der Waals surface area contributed by atoms with Crippen molar-refractivity contribution in [2.24, 2.45) is 0 Å². The number of hydrogen-bond acceptors (Lipinski definition) is 4. The highest BCUT2D eigenvalue weighted by atomic mass is 32.2. The van der Waals surface area contributed by atoms with Crippen LogP contribution in [0, 0.1) is 6.92 Å². The Morgan fingerprint density at radius 3 is 3.05 bits per heavy atom. The van der Waals surface area contributed by atoms with Gasteiger partial charge in [0.25, 0.3) is 0 Å². The van der Waals surface area contributed by atoms with Crippen LogP contribution >= 0.6 is 23.1 Å². The van der Waals surface area contributed by atoms with E-state index in [1.54, 1.807) is 11.3 Å². The molecule has 6 heteroatoms. The predicted octanol–water partition coefficient (Wildman–Crippen LogP) is 3.31. The van der Waals surface area contributed by atoms with E-state index < -0.39 is 0 Å². The predicted molar refractivity (Wildman–Crippen MR) is 91.3 cm³/mol. The first-order chi connectivity index (χ1) is 10.1. The normalized spacial score (nSPS) is 21.5. The Morgan fingerprint density at radius 2 is 2.38 bits per heavy atom. The molecule has 1 aromatic rings. The zero-order valence-corrected chi connectivity index (χ0v) is 14.7. The smallest absolute Gasteiger partial charge is 0.317 e. The molecule has 2 atom stereocenters. The zero-order valence-electron chi connectivity index (χ0n) is 13.1. The Bertz CT molecular complexity index is 464. The second-order valence-electron chi connectivity index (χ2n) is 5.49. The quantitative estimate of drug-likeness (QED) is 0.872. The molecule has 1 saturated carbocycles. The molecule has 0 unspecified atom stereocenters. The lowest BCUT2D eigenvalue weighted by molar-refractivity contribution is 0.191. The lowest BCUT2D eigenvalue weighted by Gasteiger charge is -2.25. The van der Waals surface area contributed by atoms with Crippen molar-refractivity contribution in [3.63, 3.8) is 0 Å². The fourth-order valence-electron chi connectivity index (χ4n) is 2.77. The van der Waals surface area contributed by atoms with Crippen molar-refractivity contribution in [2.75, 3.05) is 19.3 Å². The lowest BCUT2D eigenvalue weighted by Crippen LogP contribution is -2.43. The van der Waals surface area contributed by atoms with Gasteiger partial charge in [-0.25, -0.2) is 9.78 Å². The average Bonchev–Trinajstić information content (AvgIpc) is 3.08. The maximum atomic E-state index is 12.2. The van der Waals surface area contributed by atoms with Gasteiger partial charge in [-0.2, -0.15) is 11.8 Å². The van der Waals surface area contributed by atoms with Gasteiger partial charge in [-0.05, 0) is 31.9 Å². The van der Waals surface area contributed by atoms with Crippen LogP contribution in [0.15, 0.2) is 5.38 Å². The van der Waals surface area contributed by atoms with Crippen molar-refractivity contribution < 1.29 is 4.79 Å². The molecule has 1 heterocycles. The number of thiazole rings is 1. The van der Waals surface area contributed by atoms with Crippen LogP contribution in [0.25, 0.3) is 0 Å². The Labute approximate surface area is 135 Å². The number of carbonyl (C=O) groups is 1. The first-order valence-electron chi connectivity index (χ1n) is 7.63. The number of carbonyl (C=O) groups excluding carboxylic acids is 1. The van der Waals surface area contributed by atoms with E-state index in [0.29, 0.717) is 12.6 Å². The molecule has 0 saturated heterocycles. The number of nitrogens with zero attached hydrogens (tertiary/aromatic N) is 2. The maximum absolute atomic E-state index is 12.2. The number of hydrogen-bond donors (Lipinski definition) is 1. The minimum Gasteiger partial charge on any atom is -0.338 e. The summed E-state index contributed by atoms with van der Waals surface area (Å²) in [5.74, 6) is 1.17. The molecule has 1 fully saturated rings. The minimum absolute atomic E-state index is 0.0501. The summed E-state index contributed by atoms with van der Waals surface area (Å²) in [6, 6.07) is 0.449. The van der Waals surface area contributed by atoms with Crippen LogP contribution in [0.2, 0.25) is 0 Å². The summed E-state index contributed by atoms with van der Waals surface area (Å²) in [5, 5.41) is 6.89. The SMILES string of the molecule is CCS[C@@H]1CC[C@@H](N(C)C(=O)NCCc2csc(C)n2)C1. The molecule has 0 aliphatic heterocycles. The first kappa shape index (κ1) is 16.6. The molecule has 118 valence electrons. The minimum atomic E-state index is 0.0501. The van der Waals surface area contributed by atoms with Crippen molar-refractivity contribution >= 4 is 29.1 Å². The lowest BCUT2D eigenvalue weighted by atomic mass is 10.2. The largest absolute Gasteiger partial charge is 0.338 e. The van der Waals surface area contributed by atoms with E-state index in [1.807, 2.05) is 30.6 Å². The van der Waals surface area contributed by atoms with Gasteiger partial charge in [0, 0.05) is 36.7 Å². The fourth-order valence-corrected chi connectivity index (χ4v) is 4.55. The van der Waals surface area contributed by atoms with Crippen molar-refractivity contribution in [1.82, 2.24) is 15.2 Å². The van der Waals surface area contributed by atoms with Gasteiger partial charge in [-0.1, -0.05) is 6.92 Å². The number of aryl methyl sites for hydroxylation is 1. The van der Waals surface area contributed by atoms with Crippen LogP contribution in [0.3, 0.4) is 0 Å². The highest BCUT2D eigenvalue weighted by Crippen LogP contribution is 2.32. The molecule has 4 nitrogen and oxygen atoms in total. The average molecular weight is 328 g/mol. The van der Waals surface area contributed by atoms with E-state index in [-0.39, 0.29) is 6.03 Å². The summed E-state index contributed by atoms with van der Waals surface area (Å²) in [7, 11) is 1.92. The van der Waals surface area contributed by atoms with Gasteiger partial charge in [-0.3, -0.25) is 0 Å². The summed E-state index contributed by atoms with van der Waals surface area (Å²) in [5.41, 5.74) is 1.07. The van der Waals surface area contributed by atoms with Crippen molar-refractivity contribution in [1.29, 1.82) is 0 Å².